The Bertz CT molecular complexity index is 2180. The zero-order valence-corrected chi connectivity index (χ0v) is 35.2. The number of rotatable bonds is 20. The van der Waals surface area contributed by atoms with Crippen molar-refractivity contribution >= 4 is 11.8 Å². The predicted molar refractivity (Wildman–Crippen MR) is 231 cm³/mol. The summed E-state index contributed by atoms with van der Waals surface area (Å²) in [5.41, 5.74) is 4.35. The molecular weight excluding hydrogens is 795 g/mol. The van der Waals surface area contributed by atoms with Crippen molar-refractivity contribution < 1.29 is 47.6 Å². The first-order chi connectivity index (χ1) is 30.3. The first kappa shape index (κ1) is 44.5. The predicted octanol–water partition coefficient (Wildman–Crippen LogP) is 9.65. The van der Waals surface area contributed by atoms with Crippen molar-refractivity contribution in [2.45, 2.75) is 82.5 Å². The third kappa shape index (κ3) is 9.88. The molecule has 10 nitrogen and oxygen atoms in total. The molecule has 0 aromatic heterocycles. The number of benzene rings is 4. The van der Waals surface area contributed by atoms with Gasteiger partial charge in [0, 0.05) is 43.2 Å². The molecule has 2 aliphatic carbocycles. The highest BCUT2D eigenvalue weighted by molar-refractivity contribution is 6.03. The Labute approximate surface area is 362 Å². The number of hydrogen-bond acceptors (Lipinski definition) is 9. The van der Waals surface area contributed by atoms with Gasteiger partial charge in [-0.3, -0.25) is 4.90 Å². The van der Waals surface area contributed by atoms with Crippen molar-refractivity contribution in [2.24, 2.45) is 22.9 Å². The van der Waals surface area contributed by atoms with Crippen LogP contribution >= 0.6 is 0 Å². The van der Waals surface area contributed by atoms with Crippen LogP contribution in [0.4, 0.5) is 13.6 Å². The third-order valence-corrected chi connectivity index (χ3v) is 12.3. The largest absolute Gasteiger partial charge is 0.489 e. The van der Waals surface area contributed by atoms with Crippen molar-refractivity contribution in [3.63, 3.8) is 0 Å². The van der Waals surface area contributed by atoms with Gasteiger partial charge in [0.05, 0.1) is 25.3 Å². The summed E-state index contributed by atoms with van der Waals surface area (Å²) in [5.74, 6) is -2.16. The van der Waals surface area contributed by atoms with Crippen LogP contribution in [0.1, 0.15) is 73.1 Å². The summed E-state index contributed by atoms with van der Waals surface area (Å²) in [6.45, 7) is 4.44. The Morgan fingerprint density at radius 2 is 1.66 bits per heavy atom. The number of hydrogen-bond donors (Lipinski definition) is 2. The average molecular weight is 851 g/mol. The maximum Gasteiger partial charge on any atom is 0.410 e. The molecule has 1 aliphatic heterocycles. The quantitative estimate of drug-likeness (QED) is 0.0513. The molecule has 12 heteroatoms. The van der Waals surface area contributed by atoms with Crippen molar-refractivity contribution in [1.82, 2.24) is 4.90 Å². The molecule has 0 radical (unpaired) electrons. The zero-order chi connectivity index (χ0) is 43.5. The summed E-state index contributed by atoms with van der Waals surface area (Å²) in [6.07, 6.45) is 7.71. The Morgan fingerprint density at radius 1 is 0.919 bits per heavy atom. The van der Waals surface area contributed by atoms with Gasteiger partial charge in [0.1, 0.15) is 42.4 Å². The minimum atomic E-state index is -1.54. The van der Waals surface area contributed by atoms with E-state index in [2.05, 4.69) is 12.7 Å². The van der Waals surface area contributed by atoms with Gasteiger partial charge in [-0.05, 0) is 90.6 Å². The molecule has 1 saturated carbocycles. The molecule has 7 rings (SSSR count). The molecule has 2 N–H and O–H groups in total. The number of carbonyl (C=O) groups excluding carboxylic acids is 1. The van der Waals surface area contributed by atoms with Gasteiger partial charge < -0.3 is 34.0 Å². The van der Waals surface area contributed by atoms with Gasteiger partial charge in [0.25, 0.3) is 0 Å². The fourth-order valence-corrected chi connectivity index (χ4v) is 9.48. The number of halogens is 2. The fraction of sp³-hybridized carbons (Fsp3) is 0.400. The molecule has 328 valence electrons. The van der Waals surface area contributed by atoms with E-state index in [1.165, 1.54) is 25.3 Å². The van der Waals surface area contributed by atoms with Crippen LogP contribution in [-0.4, -0.2) is 65.7 Å². The minimum Gasteiger partial charge on any atom is -0.489 e. The normalized spacial score (nSPS) is 23.0. The summed E-state index contributed by atoms with van der Waals surface area (Å²) in [4.78, 5) is 21.9. The Balaban J connectivity index is 1.43. The summed E-state index contributed by atoms with van der Waals surface area (Å²) < 4.78 is 55.0. The number of amides is 1. The highest BCUT2D eigenvalue weighted by Crippen LogP contribution is 2.62. The van der Waals surface area contributed by atoms with Crippen LogP contribution in [0.15, 0.2) is 127 Å². The van der Waals surface area contributed by atoms with E-state index in [9.17, 15) is 23.8 Å². The van der Waals surface area contributed by atoms with Gasteiger partial charge in [-0.15, -0.1) is 6.58 Å². The SMILES string of the molecule is C=CCO[C@@]12Oc3ccc(OCc4ccccc4F)cc3[C@H]3[C@H](CCCCO)[C@@H](CCCCO)C=C(C(=NOCc4ccccc4)C[C@@H]1N(Cc1ccc(F)cc1)C(=O)OC)[C@H]32. The van der Waals surface area contributed by atoms with Gasteiger partial charge in [0.15, 0.2) is 0 Å². The minimum absolute atomic E-state index is 0.00864. The number of aliphatic hydroxyl groups is 2. The number of oxime groups is 1. The molecule has 4 aromatic carbocycles. The lowest BCUT2D eigenvalue weighted by Gasteiger charge is -2.59. The Kier molecular flexibility index (Phi) is 15.1. The maximum atomic E-state index is 14.8. The van der Waals surface area contributed by atoms with E-state index in [0.717, 1.165) is 42.4 Å². The van der Waals surface area contributed by atoms with Crippen molar-refractivity contribution in [2.75, 3.05) is 26.9 Å². The number of ether oxygens (including phenoxy) is 4. The van der Waals surface area contributed by atoms with Crippen molar-refractivity contribution in [3.8, 4) is 11.5 Å². The third-order valence-electron chi connectivity index (χ3n) is 12.3. The number of aliphatic hydroxyl groups excluding tert-OH is 2. The van der Waals surface area contributed by atoms with E-state index < -0.39 is 29.7 Å². The second kappa shape index (κ2) is 21.0. The van der Waals surface area contributed by atoms with Crippen molar-refractivity contribution in [3.05, 3.63) is 155 Å². The summed E-state index contributed by atoms with van der Waals surface area (Å²) >= 11 is 0. The molecule has 1 fully saturated rings. The van der Waals surface area contributed by atoms with E-state index in [0.29, 0.717) is 41.2 Å². The lowest BCUT2D eigenvalue weighted by atomic mass is 9.55. The van der Waals surface area contributed by atoms with Crippen LogP contribution < -0.4 is 9.47 Å². The Morgan fingerprint density at radius 3 is 2.39 bits per heavy atom. The van der Waals surface area contributed by atoms with Crippen LogP contribution in [0.25, 0.3) is 0 Å². The standard InChI is InChI=1S/C50H56F2N2O8/c1-3-27-60-50-46(54(49(57)58-2)31-34-19-21-38(51)22-20-34)30-44(53-61-32-35-13-5-4-6-14-35)41-28-36(15-9-11-25-55)40(17-10-12-26-56)47(48(41)50)42-29-39(23-24-45(42)62-50)59-33-37-16-7-8-18-43(37)52/h3-8,13-14,16,18-24,28-29,36,40,46-48,55-56H,1,9-12,15,17,25-27,30-33H2,2H3/t36-,40+,46-,47+,48+,50+/m0/s1. The lowest BCUT2D eigenvalue weighted by molar-refractivity contribution is -0.256. The van der Waals surface area contributed by atoms with Gasteiger partial charge in [-0.1, -0.05) is 90.8 Å². The van der Waals surface area contributed by atoms with E-state index in [1.807, 2.05) is 42.5 Å². The zero-order valence-electron chi connectivity index (χ0n) is 35.2. The van der Waals surface area contributed by atoms with Gasteiger partial charge in [-0.25, -0.2) is 13.6 Å². The number of nitrogens with zero attached hydrogens (tertiary/aromatic N) is 2. The summed E-state index contributed by atoms with van der Waals surface area (Å²) in [6, 6.07) is 26.9. The van der Waals surface area contributed by atoms with E-state index in [-0.39, 0.29) is 69.6 Å². The van der Waals surface area contributed by atoms with Crippen LogP contribution in [0.3, 0.4) is 0 Å². The summed E-state index contributed by atoms with van der Waals surface area (Å²) in [7, 11) is 1.32. The molecule has 3 aliphatic rings. The molecule has 4 aromatic rings. The lowest BCUT2D eigenvalue weighted by Crippen LogP contribution is -2.70. The first-order valence-corrected chi connectivity index (χ1v) is 21.5. The van der Waals surface area contributed by atoms with Crippen LogP contribution in [0.5, 0.6) is 11.5 Å². The molecule has 1 amide bonds. The summed E-state index contributed by atoms with van der Waals surface area (Å²) in [5, 5.41) is 24.7. The van der Waals surface area contributed by atoms with E-state index in [1.54, 1.807) is 47.4 Å². The second-order valence-corrected chi connectivity index (χ2v) is 16.1. The topological polar surface area (TPSA) is 119 Å². The average Bonchev–Trinajstić information content (AvgIpc) is 3.29. The maximum absolute atomic E-state index is 14.8. The number of carbonyl (C=O) groups is 1. The second-order valence-electron chi connectivity index (χ2n) is 16.1. The molecule has 0 spiro atoms. The molecule has 0 bridgehead atoms. The molecule has 62 heavy (non-hydrogen) atoms. The van der Waals surface area contributed by atoms with Gasteiger partial charge in [-0.2, -0.15) is 0 Å². The molecular formula is C50H56F2N2O8. The smallest absolute Gasteiger partial charge is 0.410 e. The Hall–Kier alpha value is -5.56. The number of fused-ring (bicyclic) bond motifs is 2. The fourth-order valence-electron chi connectivity index (χ4n) is 9.48. The van der Waals surface area contributed by atoms with E-state index >= 15 is 0 Å². The number of unbranched alkanes of at least 4 members (excludes halogenated alkanes) is 2. The number of allylic oxidation sites excluding steroid dienone is 1. The van der Waals surface area contributed by atoms with Crippen LogP contribution in [0.2, 0.25) is 0 Å². The number of methoxy groups -OCH3 is 1. The highest BCUT2D eigenvalue weighted by atomic mass is 19.1. The highest BCUT2D eigenvalue weighted by Gasteiger charge is 2.65. The van der Waals surface area contributed by atoms with Gasteiger partial charge >= 0.3 is 6.09 Å². The van der Waals surface area contributed by atoms with Crippen LogP contribution in [-0.2, 0) is 34.1 Å². The first-order valence-electron chi connectivity index (χ1n) is 21.5. The van der Waals surface area contributed by atoms with Gasteiger partial charge in [0.2, 0.25) is 5.79 Å². The molecule has 0 unspecified atom stereocenters. The monoisotopic (exact) mass is 850 g/mol. The molecule has 1 heterocycles. The van der Waals surface area contributed by atoms with E-state index in [4.69, 9.17) is 28.9 Å². The molecule has 0 saturated heterocycles. The van der Waals surface area contributed by atoms with Crippen LogP contribution in [0, 0.1) is 29.4 Å². The van der Waals surface area contributed by atoms with Crippen molar-refractivity contribution in [1.29, 1.82) is 0 Å². The molecule has 6 atom stereocenters.